The second-order valence-electron chi connectivity index (χ2n) is 4.91. The first-order valence-electron chi connectivity index (χ1n) is 6.13. The van der Waals surface area contributed by atoms with Gasteiger partial charge in [-0.15, -0.1) is 0 Å². The number of aromatic nitrogens is 2. The predicted molar refractivity (Wildman–Crippen MR) is 67.5 cm³/mol. The van der Waals surface area contributed by atoms with Crippen molar-refractivity contribution in [3.8, 4) is 0 Å². The molecule has 0 bridgehead atoms. The smallest absolute Gasteiger partial charge is 0.256 e. The highest BCUT2D eigenvalue weighted by Crippen LogP contribution is 2.26. The number of piperidine rings is 1. The largest absolute Gasteiger partial charge is 0.343 e. The first-order valence-corrected chi connectivity index (χ1v) is 6.13. The highest BCUT2D eigenvalue weighted by Gasteiger charge is 2.20. The molecule has 3 heterocycles. The van der Waals surface area contributed by atoms with Crippen molar-refractivity contribution < 1.29 is 0 Å². The lowest BCUT2D eigenvalue weighted by atomic mass is 9.94. The maximum atomic E-state index is 11.7. The van der Waals surface area contributed by atoms with E-state index in [0.29, 0.717) is 5.92 Å². The van der Waals surface area contributed by atoms with Gasteiger partial charge in [-0.3, -0.25) is 9.20 Å². The van der Waals surface area contributed by atoms with E-state index in [4.69, 9.17) is 0 Å². The first-order chi connectivity index (χ1) is 8.24. The summed E-state index contributed by atoms with van der Waals surface area (Å²) in [6.07, 6.45) is 4.30. The third kappa shape index (κ3) is 1.89. The van der Waals surface area contributed by atoms with Crippen LogP contribution in [0.2, 0.25) is 0 Å². The summed E-state index contributed by atoms with van der Waals surface area (Å²) in [6.45, 7) is 2.27. The number of imidazole rings is 1. The summed E-state index contributed by atoms with van der Waals surface area (Å²) in [6, 6.07) is 5.34. The van der Waals surface area contributed by atoms with Crippen LogP contribution in [0.1, 0.15) is 24.5 Å². The number of rotatable bonds is 1. The van der Waals surface area contributed by atoms with Crippen molar-refractivity contribution in [2.45, 2.75) is 18.8 Å². The van der Waals surface area contributed by atoms with Crippen LogP contribution in [0, 0.1) is 0 Å². The fraction of sp³-hybridized carbons (Fsp3) is 0.462. The van der Waals surface area contributed by atoms with Crippen LogP contribution in [0.15, 0.2) is 29.2 Å². The number of pyridine rings is 1. The molecule has 3 rings (SSSR count). The van der Waals surface area contributed by atoms with Crippen molar-refractivity contribution in [2.75, 3.05) is 20.1 Å². The zero-order chi connectivity index (χ0) is 11.8. The van der Waals surface area contributed by atoms with Gasteiger partial charge in [-0.1, -0.05) is 6.07 Å². The Morgan fingerprint density at radius 3 is 2.76 bits per heavy atom. The lowest BCUT2D eigenvalue weighted by Crippen LogP contribution is -2.29. The normalized spacial score (nSPS) is 18.9. The van der Waals surface area contributed by atoms with E-state index in [1.807, 2.05) is 12.3 Å². The molecule has 0 atom stereocenters. The molecule has 0 spiro atoms. The molecule has 0 aliphatic carbocycles. The number of hydrogen-bond donors (Lipinski definition) is 1. The van der Waals surface area contributed by atoms with Crippen molar-refractivity contribution in [3.63, 3.8) is 0 Å². The summed E-state index contributed by atoms with van der Waals surface area (Å²) >= 11 is 0. The molecule has 1 fully saturated rings. The molecule has 1 aliphatic heterocycles. The lowest BCUT2D eigenvalue weighted by molar-refractivity contribution is 0.253. The number of fused-ring (bicyclic) bond motifs is 1. The van der Waals surface area contributed by atoms with Gasteiger partial charge in [0.25, 0.3) is 5.56 Å². The zero-order valence-electron chi connectivity index (χ0n) is 10.0. The first kappa shape index (κ1) is 10.6. The van der Waals surface area contributed by atoms with Gasteiger partial charge in [0.1, 0.15) is 5.65 Å². The maximum absolute atomic E-state index is 11.7. The average molecular weight is 231 g/mol. The molecule has 0 amide bonds. The Bertz CT molecular complexity index is 576. The van der Waals surface area contributed by atoms with E-state index < -0.39 is 0 Å². The molecule has 2 aromatic heterocycles. The van der Waals surface area contributed by atoms with Gasteiger partial charge in [0.05, 0.1) is 0 Å². The molecular formula is C13H17N3O. The van der Waals surface area contributed by atoms with Crippen LogP contribution in [0.25, 0.3) is 5.65 Å². The minimum atomic E-state index is 0.0397. The van der Waals surface area contributed by atoms with Gasteiger partial charge < -0.3 is 9.88 Å². The molecule has 1 saturated heterocycles. The highest BCUT2D eigenvalue weighted by molar-refractivity contribution is 5.40. The Balaban J connectivity index is 1.96. The van der Waals surface area contributed by atoms with Gasteiger partial charge in [0.15, 0.2) is 0 Å². The Hall–Kier alpha value is -1.55. The van der Waals surface area contributed by atoms with E-state index in [2.05, 4.69) is 16.9 Å². The Labute approximate surface area is 99.9 Å². The SMILES string of the molecule is CN1CCC(c2cn3c(=O)cccc3[nH]2)CC1. The van der Waals surface area contributed by atoms with Gasteiger partial charge in [-0.25, -0.2) is 0 Å². The van der Waals surface area contributed by atoms with Gasteiger partial charge in [-0.05, 0) is 39.0 Å². The van der Waals surface area contributed by atoms with Crippen LogP contribution in [0.4, 0.5) is 0 Å². The molecule has 90 valence electrons. The molecule has 1 aliphatic rings. The minimum Gasteiger partial charge on any atom is -0.343 e. The van der Waals surface area contributed by atoms with Crippen molar-refractivity contribution in [1.29, 1.82) is 0 Å². The van der Waals surface area contributed by atoms with Crippen LogP contribution in [0.3, 0.4) is 0 Å². The summed E-state index contributed by atoms with van der Waals surface area (Å²) in [5.41, 5.74) is 2.13. The standard InChI is InChI=1S/C13H17N3O/c1-15-7-5-10(6-8-15)11-9-16-12(14-11)3-2-4-13(16)17/h2-4,9-10,14H,5-8H2,1H3. The maximum Gasteiger partial charge on any atom is 0.256 e. The number of hydrogen-bond acceptors (Lipinski definition) is 2. The molecule has 17 heavy (non-hydrogen) atoms. The van der Waals surface area contributed by atoms with Gasteiger partial charge >= 0.3 is 0 Å². The topological polar surface area (TPSA) is 40.5 Å². The molecule has 1 N–H and O–H groups in total. The van der Waals surface area contributed by atoms with Crippen molar-refractivity contribution in [2.24, 2.45) is 0 Å². The van der Waals surface area contributed by atoms with E-state index in [1.54, 1.807) is 16.5 Å². The second kappa shape index (κ2) is 4.04. The van der Waals surface area contributed by atoms with E-state index in [9.17, 15) is 4.79 Å². The van der Waals surface area contributed by atoms with Crippen LogP contribution in [-0.2, 0) is 0 Å². The summed E-state index contributed by atoms with van der Waals surface area (Å²) < 4.78 is 1.70. The number of likely N-dealkylation sites (tertiary alicyclic amines) is 1. The molecule has 0 aromatic carbocycles. The highest BCUT2D eigenvalue weighted by atomic mass is 16.1. The minimum absolute atomic E-state index is 0.0397. The summed E-state index contributed by atoms with van der Waals surface area (Å²) in [7, 11) is 2.16. The molecular weight excluding hydrogens is 214 g/mol. The van der Waals surface area contributed by atoms with E-state index >= 15 is 0 Å². The quantitative estimate of drug-likeness (QED) is 0.806. The zero-order valence-corrected chi connectivity index (χ0v) is 10.0. The summed E-state index contributed by atoms with van der Waals surface area (Å²) in [5.74, 6) is 0.561. The molecule has 0 saturated carbocycles. The van der Waals surface area contributed by atoms with E-state index in [0.717, 1.165) is 31.6 Å². The summed E-state index contributed by atoms with van der Waals surface area (Å²) in [4.78, 5) is 17.4. The molecule has 0 unspecified atom stereocenters. The lowest BCUT2D eigenvalue weighted by Gasteiger charge is -2.28. The number of nitrogens with one attached hydrogen (secondary N) is 1. The van der Waals surface area contributed by atoms with Crippen LogP contribution in [0.5, 0.6) is 0 Å². The predicted octanol–water partition coefficient (Wildman–Crippen LogP) is 1.44. The fourth-order valence-electron chi connectivity index (χ4n) is 2.58. The monoisotopic (exact) mass is 231 g/mol. The van der Waals surface area contributed by atoms with Crippen molar-refractivity contribution in [3.05, 3.63) is 40.4 Å². The Kier molecular flexibility index (Phi) is 2.52. The van der Waals surface area contributed by atoms with Crippen molar-refractivity contribution >= 4 is 5.65 Å². The van der Waals surface area contributed by atoms with E-state index in [1.165, 1.54) is 5.69 Å². The Morgan fingerprint density at radius 2 is 2.06 bits per heavy atom. The van der Waals surface area contributed by atoms with E-state index in [-0.39, 0.29) is 5.56 Å². The van der Waals surface area contributed by atoms with Gasteiger partial charge in [0, 0.05) is 23.9 Å². The van der Waals surface area contributed by atoms with Crippen LogP contribution in [-0.4, -0.2) is 34.4 Å². The third-order valence-electron chi connectivity index (χ3n) is 3.69. The van der Waals surface area contributed by atoms with Crippen molar-refractivity contribution in [1.82, 2.24) is 14.3 Å². The number of aromatic amines is 1. The molecule has 2 aromatic rings. The number of nitrogens with zero attached hydrogens (tertiary/aromatic N) is 2. The fourth-order valence-corrected chi connectivity index (χ4v) is 2.58. The average Bonchev–Trinajstić information content (AvgIpc) is 2.75. The Morgan fingerprint density at radius 1 is 1.29 bits per heavy atom. The molecule has 4 heteroatoms. The molecule has 4 nitrogen and oxygen atoms in total. The van der Waals surface area contributed by atoms with Crippen LogP contribution >= 0.6 is 0 Å². The second-order valence-corrected chi connectivity index (χ2v) is 4.91. The van der Waals surface area contributed by atoms with Gasteiger partial charge in [0.2, 0.25) is 0 Å². The molecule has 0 radical (unpaired) electrons. The third-order valence-corrected chi connectivity index (χ3v) is 3.69. The van der Waals surface area contributed by atoms with Crippen LogP contribution < -0.4 is 5.56 Å². The van der Waals surface area contributed by atoms with Gasteiger partial charge in [-0.2, -0.15) is 0 Å². The number of H-pyrrole nitrogens is 1. The summed E-state index contributed by atoms with van der Waals surface area (Å²) in [5, 5.41) is 0.